The molecule has 26 heteroatoms. The van der Waals surface area contributed by atoms with Gasteiger partial charge >= 0.3 is 11.9 Å². The minimum absolute atomic E-state index is 0.129. The summed E-state index contributed by atoms with van der Waals surface area (Å²) < 4.78 is 55.3. The number of carboxylic acids is 1. The molecule has 4 heterocycles. The van der Waals surface area contributed by atoms with Gasteiger partial charge in [0.05, 0.1) is 49.7 Å². The van der Waals surface area contributed by atoms with Crippen molar-refractivity contribution < 1.29 is 129 Å². The fourth-order valence-electron chi connectivity index (χ4n) is 17.3. The normalized spacial score (nSPS) is 52.4. The van der Waals surface area contributed by atoms with Crippen LogP contribution in [-0.2, 0) is 52.2 Å². The summed E-state index contributed by atoms with van der Waals surface area (Å²) in [7, 11) is 0. The molecule has 0 bridgehead atoms. The Kier molecular flexibility index (Phi) is 19.1. The molecular weight excluding hydrogens is 1120 g/mol. The molecule has 0 spiro atoms. The van der Waals surface area contributed by atoms with Crippen molar-refractivity contribution in [1.82, 2.24) is 0 Å². The number of hydrogen-bond acceptors (Lipinski definition) is 25. The van der Waals surface area contributed by atoms with Crippen molar-refractivity contribution in [3.05, 3.63) is 23.3 Å². The molecule has 4 aliphatic heterocycles. The topological polar surface area (TPSA) is 421 Å². The lowest BCUT2D eigenvalue weighted by Crippen LogP contribution is -2.74. The number of rotatable bonds is 14. The van der Waals surface area contributed by atoms with Crippen LogP contribution in [0.2, 0.25) is 0 Å². The van der Waals surface area contributed by atoms with Crippen LogP contribution in [0.4, 0.5) is 0 Å². The van der Waals surface area contributed by atoms with E-state index < -0.39 is 217 Å². The first-order valence-electron chi connectivity index (χ1n) is 30.0. The van der Waals surface area contributed by atoms with E-state index in [9.17, 15) is 86.2 Å². The Bertz CT molecular complexity index is 2460. The maximum atomic E-state index is 13.5. The van der Waals surface area contributed by atoms with Gasteiger partial charge in [0.15, 0.2) is 31.3 Å². The van der Waals surface area contributed by atoms with Crippen molar-refractivity contribution in [2.45, 2.75) is 261 Å². The van der Waals surface area contributed by atoms with Gasteiger partial charge in [0, 0.05) is 11.0 Å². The molecule has 0 aromatic carbocycles. The minimum Gasteiger partial charge on any atom is -0.479 e. The van der Waals surface area contributed by atoms with Gasteiger partial charge in [-0.1, -0.05) is 66.2 Å². The SMILES string of the molecule is C/C=C(/C)C(=O)O[C@H]1CC(C)(C)C[C@H]2C3=CC[C@@H]4[C@@]5(C)CC[C@H](O[C@@H]6O[C@H](C(=O)O)[C@@H](O)[C@H](O[C@@H]7O[C@H](CO)[C@H](O)[C@H](O)[C@H]7O[C@@H]7O[C@@H](C)[C@H](O)[C@@H](O)[C@H]7O)[C@H]6O[C@@H]6O[C@H](CO)[C@@H](O)[C@H](O)[C@H]6O)C(C)(C)[C@@H]5CC[C@@]4(C)[C@]3(C)[C@@H](O)[C@@H](O)[C@@]12CO. The number of aliphatic carboxylic acids is 1. The van der Waals surface area contributed by atoms with Crippen LogP contribution >= 0.6 is 0 Å². The largest absolute Gasteiger partial charge is 0.479 e. The number of aliphatic hydroxyl groups excluding tert-OH is 14. The van der Waals surface area contributed by atoms with E-state index in [-0.39, 0.29) is 18.3 Å². The Hall–Kier alpha value is -2.46. The molecule has 9 rings (SSSR count). The molecule has 85 heavy (non-hydrogen) atoms. The number of allylic oxidation sites excluding steroid dienone is 2. The van der Waals surface area contributed by atoms with Gasteiger partial charge in [-0.2, -0.15) is 0 Å². The molecule has 4 saturated heterocycles. The Balaban J connectivity index is 1.05. The van der Waals surface area contributed by atoms with Crippen LogP contribution in [0, 0.1) is 50.2 Å². The van der Waals surface area contributed by atoms with Crippen molar-refractivity contribution in [3.63, 3.8) is 0 Å². The molecule has 31 atom stereocenters. The van der Waals surface area contributed by atoms with Crippen molar-refractivity contribution in [1.29, 1.82) is 0 Å². The van der Waals surface area contributed by atoms with Crippen LogP contribution in [0.5, 0.6) is 0 Å². The molecule has 8 fully saturated rings. The fourth-order valence-corrected chi connectivity index (χ4v) is 17.3. The Morgan fingerprint density at radius 1 is 0.612 bits per heavy atom. The quantitative estimate of drug-likeness (QED) is 0.0387. The number of carbonyl (C=O) groups excluding carboxylic acids is 1. The molecule has 0 aromatic rings. The number of carbonyl (C=O) groups is 2. The smallest absolute Gasteiger partial charge is 0.335 e. The molecule has 9 aliphatic rings. The van der Waals surface area contributed by atoms with Gasteiger partial charge < -0.3 is 119 Å². The molecule has 486 valence electrons. The Morgan fingerprint density at radius 3 is 1.78 bits per heavy atom. The van der Waals surface area contributed by atoms with E-state index in [1.165, 1.54) is 6.92 Å². The number of ether oxygens (including phenoxy) is 9. The molecule has 5 aliphatic carbocycles. The predicted octanol–water partition coefficient (Wildman–Crippen LogP) is -2.01. The van der Waals surface area contributed by atoms with E-state index in [0.717, 1.165) is 5.57 Å². The van der Waals surface area contributed by atoms with Crippen LogP contribution in [0.3, 0.4) is 0 Å². The highest BCUT2D eigenvalue weighted by molar-refractivity contribution is 5.87. The van der Waals surface area contributed by atoms with Gasteiger partial charge in [-0.15, -0.1) is 0 Å². The lowest BCUT2D eigenvalue weighted by molar-refractivity contribution is -0.406. The summed E-state index contributed by atoms with van der Waals surface area (Å²) in [6, 6.07) is 0. The van der Waals surface area contributed by atoms with E-state index in [4.69, 9.17) is 42.6 Å². The second-order valence-corrected chi connectivity index (χ2v) is 27.9. The number of esters is 1. The summed E-state index contributed by atoms with van der Waals surface area (Å²) in [5.41, 5.74) is -3.59. The van der Waals surface area contributed by atoms with Crippen molar-refractivity contribution >= 4 is 11.9 Å². The number of carboxylic acid groups (broad SMARTS) is 1. The molecule has 0 aromatic heterocycles. The maximum absolute atomic E-state index is 13.5. The third kappa shape index (κ3) is 10.8. The zero-order chi connectivity index (χ0) is 62.7. The highest BCUT2D eigenvalue weighted by atomic mass is 16.8. The van der Waals surface area contributed by atoms with Crippen LogP contribution in [0.1, 0.15) is 114 Å². The van der Waals surface area contributed by atoms with Gasteiger partial charge in [0.2, 0.25) is 0 Å². The Labute approximate surface area is 494 Å². The standard InChI is InChI=1S/C59H94O26/c1-11-23(2)49(76)80-32-19-54(4,5)18-26-25-12-13-30-56(8)16-15-31(55(6,7)29(56)14-17-57(30,9)58(25,10)46(72)47(73)59(26,32)22-62)81-53-45(85-51-40(70)37(67)34(64)27(20-60)78-51)42(41(71)43(83-53)48(74)75)82-52-44(38(68)35(65)28(21-61)79-52)84-50-39(69)36(66)33(63)24(3)77-50/h11-12,24,26-47,50-53,60-73H,13-22H2,1-10H3,(H,74,75)/b23-11-/t24-,26-,27+,28+,29-,30+,31-,32-,33-,34+,35-,36+,37-,38-,39+,40+,41-,42-,43-,44+,45+,46-,47+,50-,51-,52-,53+,56-,57+,58-,59+/m0/s1. The maximum Gasteiger partial charge on any atom is 0.335 e. The lowest BCUT2D eigenvalue weighted by atomic mass is 9.32. The third-order valence-corrected chi connectivity index (χ3v) is 22.6. The molecule has 0 unspecified atom stereocenters. The fraction of sp³-hybridized carbons (Fsp3) is 0.898. The average molecular weight is 1220 g/mol. The first kappa shape index (κ1) is 66.9. The monoisotopic (exact) mass is 1220 g/mol. The van der Waals surface area contributed by atoms with Gasteiger partial charge in [0.1, 0.15) is 91.6 Å². The van der Waals surface area contributed by atoms with Crippen molar-refractivity contribution in [2.24, 2.45) is 50.2 Å². The molecule has 0 amide bonds. The molecule has 26 nitrogen and oxygen atoms in total. The highest BCUT2D eigenvalue weighted by Crippen LogP contribution is 2.76. The number of fused-ring (bicyclic) bond motifs is 7. The minimum atomic E-state index is -2.29. The van der Waals surface area contributed by atoms with E-state index in [1.54, 1.807) is 19.9 Å². The Morgan fingerprint density at radius 2 is 1.18 bits per heavy atom. The van der Waals surface area contributed by atoms with E-state index in [1.807, 2.05) is 20.8 Å². The van der Waals surface area contributed by atoms with E-state index >= 15 is 0 Å². The van der Waals surface area contributed by atoms with Crippen LogP contribution < -0.4 is 0 Å². The predicted molar refractivity (Wildman–Crippen MR) is 289 cm³/mol. The summed E-state index contributed by atoms with van der Waals surface area (Å²) in [6.45, 7) is 16.9. The van der Waals surface area contributed by atoms with Crippen LogP contribution in [-0.4, -0.2) is 256 Å². The summed E-state index contributed by atoms with van der Waals surface area (Å²) in [5.74, 6) is -3.08. The highest BCUT2D eigenvalue weighted by Gasteiger charge is 2.75. The van der Waals surface area contributed by atoms with E-state index in [2.05, 4.69) is 33.8 Å². The summed E-state index contributed by atoms with van der Waals surface area (Å²) in [5, 5.41) is 168. The third-order valence-electron chi connectivity index (χ3n) is 22.6. The molecular formula is C59H94O26. The lowest BCUT2D eigenvalue weighted by Gasteiger charge is -2.73. The van der Waals surface area contributed by atoms with Crippen molar-refractivity contribution in [3.8, 4) is 0 Å². The summed E-state index contributed by atoms with van der Waals surface area (Å²) >= 11 is 0. The van der Waals surface area contributed by atoms with Gasteiger partial charge in [-0.05, 0) is 105 Å². The zero-order valence-corrected chi connectivity index (χ0v) is 50.0. The second kappa shape index (κ2) is 24.3. The number of aliphatic hydroxyl groups is 14. The van der Waals surface area contributed by atoms with Gasteiger partial charge in [-0.25, -0.2) is 9.59 Å². The van der Waals surface area contributed by atoms with Gasteiger partial charge in [0.25, 0.3) is 0 Å². The summed E-state index contributed by atoms with van der Waals surface area (Å²) in [4.78, 5) is 26.7. The van der Waals surface area contributed by atoms with Crippen LogP contribution in [0.15, 0.2) is 23.3 Å². The molecule has 4 saturated carbocycles. The first-order valence-corrected chi connectivity index (χ1v) is 30.0. The van der Waals surface area contributed by atoms with E-state index in [0.29, 0.717) is 44.1 Å². The average Bonchev–Trinajstić information content (AvgIpc) is 0.703. The van der Waals surface area contributed by atoms with Gasteiger partial charge in [-0.3, -0.25) is 0 Å². The molecule has 0 radical (unpaired) electrons. The second-order valence-electron chi connectivity index (χ2n) is 27.9. The van der Waals surface area contributed by atoms with Crippen molar-refractivity contribution in [2.75, 3.05) is 19.8 Å². The first-order chi connectivity index (χ1) is 39.7. The summed E-state index contributed by atoms with van der Waals surface area (Å²) in [6.07, 6.45) is -35.6. The van der Waals surface area contributed by atoms with Crippen LogP contribution in [0.25, 0.3) is 0 Å². The molecule has 15 N–H and O–H groups in total. The zero-order valence-electron chi connectivity index (χ0n) is 50.0. The number of hydrogen-bond donors (Lipinski definition) is 15.